The lowest BCUT2D eigenvalue weighted by Crippen LogP contribution is -2.44. The van der Waals surface area contributed by atoms with Gasteiger partial charge in [-0.2, -0.15) is 0 Å². The number of fused-ring (bicyclic) bond motifs is 1. The molecule has 1 aliphatic carbocycles. The first-order valence-corrected chi connectivity index (χ1v) is 10.3. The SMILES string of the molecule is Cc1c(C(=O)NC(CCCN)C(=O)Nc2ccccc2)[nH]c2c1C(=O)CC(C)(C)C2. The Balaban J connectivity index is 1.79. The molecule has 0 saturated carbocycles. The first kappa shape index (κ1) is 21.8. The maximum absolute atomic E-state index is 13.0. The molecule has 7 heteroatoms. The quantitative estimate of drug-likeness (QED) is 0.561. The third-order valence-corrected chi connectivity index (χ3v) is 5.49. The van der Waals surface area contributed by atoms with E-state index in [1.54, 1.807) is 19.1 Å². The lowest BCUT2D eigenvalue weighted by Gasteiger charge is -2.28. The molecular formula is C23H30N4O3. The molecule has 1 aromatic heterocycles. The van der Waals surface area contributed by atoms with Crippen LogP contribution in [-0.4, -0.2) is 35.2 Å². The second kappa shape index (κ2) is 8.83. The van der Waals surface area contributed by atoms with Crippen LogP contribution in [-0.2, 0) is 11.2 Å². The Morgan fingerprint density at radius 2 is 1.90 bits per heavy atom. The fraction of sp³-hybridized carbons (Fsp3) is 0.435. The van der Waals surface area contributed by atoms with E-state index in [1.165, 1.54) is 0 Å². The van der Waals surface area contributed by atoms with Crippen LogP contribution in [0, 0.1) is 12.3 Å². The zero-order valence-electron chi connectivity index (χ0n) is 17.8. The van der Waals surface area contributed by atoms with Crippen LogP contribution in [0.3, 0.4) is 0 Å². The number of Topliss-reactive ketones (excluding diaryl/α,β-unsaturated/α-hetero) is 1. The normalized spacial score (nSPS) is 15.9. The highest BCUT2D eigenvalue weighted by Gasteiger charge is 2.35. The molecule has 2 aromatic rings. The molecule has 1 aromatic carbocycles. The number of carbonyl (C=O) groups excluding carboxylic acids is 3. The molecule has 5 N–H and O–H groups in total. The fourth-order valence-corrected chi connectivity index (χ4v) is 4.03. The lowest BCUT2D eigenvalue weighted by molar-refractivity contribution is -0.118. The monoisotopic (exact) mass is 410 g/mol. The van der Waals surface area contributed by atoms with E-state index in [2.05, 4.69) is 15.6 Å². The van der Waals surface area contributed by atoms with E-state index >= 15 is 0 Å². The minimum Gasteiger partial charge on any atom is -0.354 e. The van der Waals surface area contributed by atoms with Crippen molar-refractivity contribution >= 4 is 23.3 Å². The van der Waals surface area contributed by atoms with Crippen molar-refractivity contribution in [2.45, 2.75) is 52.5 Å². The summed E-state index contributed by atoms with van der Waals surface area (Å²) in [5, 5.41) is 5.65. The van der Waals surface area contributed by atoms with Gasteiger partial charge >= 0.3 is 0 Å². The number of nitrogens with one attached hydrogen (secondary N) is 3. The first-order valence-electron chi connectivity index (χ1n) is 10.3. The fourth-order valence-electron chi connectivity index (χ4n) is 4.03. The van der Waals surface area contributed by atoms with Gasteiger partial charge in [-0.05, 0) is 55.8 Å². The van der Waals surface area contributed by atoms with E-state index in [9.17, 15) is 14.4 Å². The first-order chi connectivity index (χ1) is 14.2. The van der Waals surface area contributed by atoms with Crippen molar-refractivity contribution in [2.75, 3.05) is 11.9 Å². The number of H-pyrrole nitrogens is 1. The molecule has 3 rings (SSSR count). The van der Waals surface area contributed by atoms with E-state index in [4.69, 9.17) is 5.73 Å². The van der Waals surface area contributed by atoms with Crippen molar-refractivity contribution in [3.63, 3.8) is 0 Å². The molecule has 0 saturated heterocycles. The van der Waals surface area contributed by atoms with Gasteiger partial charge in [-0.3, -0.25) is 14.4 Å². The average Bonchev–Trinajstić information content (AvgIpc) is 3.01. The standard InChI is InChI=1S/C23H30N4O3/c1-14-19-17(12-23(2,3)13-18(19)28)26-20(14)22(30)27-16(10-7-11-24)21(29)25-15-8-5-4-6-9-15/h4-6,8-9,16,26H,7,10-13,24H2,1-3H3,(H,25,29)(H,27,30). The van der Waals surface area contributed by atoms with Crippen molar-refractivity contribution < 1.29 is 14.4 Å². The van der Waals surface area contributed by atoms with Gasteiger partial charge in [0, 0.05) is 23.4 Å². The van der Waals surface area contributed by atoms with E-state index in [-0.39, 0.29) is 17.1 Å². The number of benzene rings is 1. The summed E-state index contributed by atoms with van der Waals surface area (Å²) in [5.41, 5.74) is 8.53. The van der Waals surface area contributed by atoms with Crippen molar-refractivity contribution in [3.8, 4) is 0 Å². The highest BCUT2D eigenvalue weighted by molar-refractivity contribution is 6.06. The van der Waals surface area contributed by atoms with Crippen LogP contribution in [0.5, 0.6) is 0 Å². The Morgan fingerprint density at radius 1 is 1.20 bits per heavy atom. The topological polar surface area (TPSA) is 117 Å². The zero-order chi connectivity index (χ0) is 21.9. The molecule has 0 fully saturated rings. The summed E-state index contributed by atoms with van der Waals surface area (Å²) in [4.78, 5) is 41.5. The van der Waals surface area contributed by atoms with Crippen LogP contribution < -0.4 is 16.4 Å². The van der Waals surface area contributed by atoms with Gasteiger partial charge in [0.2, 0.25) is 5.91 Å². The summed E-state index contributed by atoms with van der Waals surface area (Å²) >= 11 is 0. The van der Waals surface area contributed by atoms with E-state index in [1.807, 2.05) is 32.0 Å². The van der Waals surface area contributed by atoms with Gasteiger partial charge in [-0.1, -0.05) is 32.0 Å². The average molecular weight is 411 g/mol. The number of rotatable bonds is 7. The Bertz CT molecular complexity index is 947. The maximum atomic E-state index is 13.0. The van der Waals surface area contributed by atoms with Gasteiger partial charge in [0.25, 0.3) is 5.91 Å². The molecule has 1 unspecified atom stereocenters. The van der Waals surface area contributed by atoms with Gasteiger partial charge in [0.15, 0.2) is 5.78 Å². The third-order valence-electron chi connectivity index (χ3n) is 5.49. The van der Waals surface area contributed by atoms with Crippen molar-refractivity contribution in [2.24, 2.45) is 11.1 Å². The highest BCUT2D eigenvalue weighted by Crippen LogP contribution is 2.36. The van der Waals surface area contributed by atoms with Crippen LogP contribution >= 0.6 is 0 Å². The van der Waals surface area contributed by atoms with Crippen molar-refractivity contribution in [3.05, 3.63) is 52.8 Å². The van der Waals surface area contributed by atoms with E-state index < -0.39 is 11.9 Å². The van der Waals surface area contributed by atoms with Crippen molar-refractivity contribution in [1.29, 1.82) is 0 Å². The molecule has 0 radical (unpaired) electrons. The van der Waals surface area contributed by atoms with E-state index in [0.717, 1.165) is 5.69 Å². The minimum absolute atomic E-state index is 0.0514. The molecule has 1 heterocycles. The predicted octanol–water partition coefficient (Wildman–Crippen LogP) is 2.95. The molecule has 0 aliphatic heterocycles. The molecule has 1 aliphatic rings. The summed E-state index contributed by atoms with van der Waals surface area (Å²) < 4.78 is 0. The number of carbonyl (C=O) groups is 3. The van der Waals surface area contributed by atoms with Gasteiger partial charge in [-0.25, -0.2) is 0 Å². The Morgan fingerprint density at radius 3 is 2.57 bits per heavy atom. The van der Waals surface area contributed by atoms with Crippen molar-refractivity contribution in [1.82, 2.24) is 10.3 Å². The number of anilines is 1. The summed E-state index contributed by atoms with van der Waals surface area (Å²) in [7, 11) is 0. The number of aromatic amines is 1. The number of amides is 2. The highest BCUT2D eigenvalue weighted by atomic mass is 16.2. The molecule has 1 atom stereocenters. The molecule has 0 bridgehead atoms. The molecule has 30 heavy (non-hydrogen) atoms. The zero-order valence-corrected chi connectivity index (χ0v) is 17.8. The van der Waals surface area contributed by atoms with Gasteiger partial charge < -0.3 is 21.4 Å². The Kier molecular flexibility index (Phi) is 6.41. The number of hydrogen-bond acceptors (Lipinski definition) is 4. The molecule has 0 spiro atoms. The van der Waals surface area contributed by atoms with Crippen LogP contribution in [0.4, 0.5) is 5.69 Å². The van der Waals surface area contributed by atoms with Crippen LogP contribution in [0.15, 0.2) is 30.3 Å². The number of para-hydroxylation sites is 1. The summed E-state index contributed by atoms with van der Waals surface area (Å²) in [6, 6.07) is 8.37. The summed E-state index contributed by atoms with van der Waals surface area (Å²) in [6.45, 7) is 6.28. The Hall–Kier alpha value is -2.93. The number of aromatic nitrogens is 1. The lowest BCUT2D eigenvalue weighted by atomic mass is 9.75. The van der Waals surface area contributed by atoms with E-state index in [0.29, 0.717) is 54.7 Å². The second-order valence-electron chi connectivity index (χ2n) is 8.73. The largest absolute Gasteiger partial charge is 0.354 e. The molecule has 2 amide bonds. The number of nitrogens with two attached hydrogens (primary N) is 1. The second-order valence-corrected chi connectivity index (χ2v) is 8.73. The summed E-state index contributed by atoms with van der Waals surface area (Å²) in [6.07, 6.45) is 2.18. The smallest absolute Gasteiger partial charge is 0.268 e. The van der Waals surface area contributed by atoms with Crippen LogP contribution in [0.25, 0.3) is 0 Å². The van der Waals surface area contributed by atoms with Crippen LogP contribution in [0.2, 0.25) is 0 Å². The Labute approximate surface area is 176 Å². The minimum atomic E-state index is -0.729. The third kappa shape index (κ3) is 4.79. The number of ketones is 1. The van der Waals surface area contributed by atoms with Gasteiger partial charge in [-0.15, -0.1) is 0 Å². The van der Waals surface area contributed by atoms with Gasteiger partial charge in [0.1, 0.15) is 11.7 Å². The molecule has 160 valence electrons. The van der Waals surface area contributed by atoms with Gasteiger partial charge in [0.05, 0.1) is 0 Å². The predicted molar refractivity (Wildman–Crippen MR) is 117 cm³/mol. The molecule has 7 nitrogen and oxygen atoms in total. The summed E-state index contributed by atoms with van der Waals surface area (Å²) in [5.74, 6) is -0.637. The van der Waals surface area contributed by atoms with Crippen LogP contribution in [0.1, 0.15) is 65.2 Å². The maximum Gasteiger partial charge on any atom is 0.268 e. The number of hydrogen-bond donors (Lipinski definition) is 4. The molecular weight excluding hydrogens is 380 g/mol.